The highest BCUT2D eigenvalue weighted by Crippen LogP contribution is 2.30. The Morgan fingerprint density at radius 1 is 1.37 bits per heavy atom. The van der Waals surface area contributed by atoms with E-state index in [0.717, 1.165) is 25.6 Å². The summed E-state index contributed by atoms with van der Waals surface area (Å²) in [6, 6.07) is 5.51. The molecule has 1 heterocycles. The van der Waals surface area contributed by atoms with Crippen LogP contribution in [0.5, 0.6) is 5.75 Å². The summed E-state index contributed by atoms with van der Waals surface area (Å²) in [5, 5.41) is 12.6. The van der Waals surface area contributed by atoms with Crippen LogP contribution in [-0.2, 0) is 0 Å². The Balaban J connectivity index is 1.60. The number of hydrogen-bond donors (Lipinski definition) is 2. The predicted molar refractivity (Wildman–Crippen MR) is 73.6 cm³/mol. The topological polar surface area (TPSA) is 52.6 Å². The fourth-order valence-corrected chi connectivity index (χ4v) is 2.77. The van der Waals surface area contributed by atoms with Crippen molar-refractivity contribution in [1.29, 1.82) is 0 Å². The molecule has 4 nitrogen and oxygen atoms in total. The zero-order valence-corrected chi connectivity index (χ0v) is 11.4. The lowest BCUT2D eigenvalue weighted by molar-refractivity contribution is 0.0937. The third-order valence-corrected chi connectivity index (χ3v) is 4.13. The number of phenolic OH excluding ortho intramolecular Hbond substituents is 1. The molecule has 1 aromatic rings. The largest absolute Gasteiger partial charge is 0.506 e. The first-order chi connectivity index (χ1) is 9.13. The van der Waals surface area contributed by atoms with E-state index in [1.54, 1.807) is 6.07 Å². The van der Waals surface area contributed by atoms with Crippen molar-refractivity contribution in [2.45, 2.75) is 31.3 Å². The fourth-order valence-electron chi connectivity index (χ4n) is 2.59. The molecule has 2 fully saturated rings. The lowest BCUT2D eigenvalue weighted by Crippen LogP contribution is -2.37. The molecular formula is C14H17ClN2O2. The molecule has 5 heteroatoms. The standard InChI is InChI=1S/C14H17ClN2O2/c15-12-7-9(1-4-13(12)18)14(19)16-10-5-6-17(8-10)11-2-3-11/h1,4,7,10-11,18H,2-3,5-6,8H2,(H,16,19). The number of halogens is 1. The number of likely N-dealkylation sites (tertiary alicyclic amines) is 1. The van der Waals surface area contributed by atoms with Crippen LogP contribution in [0.15, 0.2) is 18.2 Å². The Kier molecular flexibility index (Phi) is 3.37. The van der Waals surface area contributed by atoms with Crippen LogP contribution in [0.25, 0.3) is 0 Å². The minimum Gasteiger partial charge on any atom is -0.506 e. The minimum atomic E-state index is -0.121. The zero-order valence-electron chi connectivity index (χ0n) is 10.6. The number of nitrogens with one attached hydrogen (secondary N) is 1. The summed E-state index contributed by atoms with van der Waals surface area (Å²) in [5.41, 5.74) is 0.493. The smallest absolute Gasteiger partial charge is 0.251 e. The summed E-state index contributed by atoms with van der Waals surface area (Å²) >= 11 is 5.81. The van der Waals surface area contributed by atoms with E-state index in [2.05, 4.69) is 10.2 Å². The molecule has 1 saturated heterocycles. The van der Waals surface area contributed by atoms with E-state index in [9.17, 15) is 9.90 Å². The van der Waals surface area contributed by atoms with Gasteiger partial charge in [-0.05, 0) is 37.5 Å². The predicted octanol–water partition coefficient (Wildman–Crippen LogP) is 2.01. The average Bonchev–Trinajstić information content (AvgIpc) is 3.14. The highest BCUT2D eigenvalue weighted by Gasteiger charge is 2.34. The van der Waals surface area contributed by atoms with Crippen LogP contribution in [0.2, 0.25) is 5.02 Å². The monoisotopic (exact) mass is 280 g/mol. The summed E-state index contributed by atoms with van der Waals surface area (Å²) in [4.78, 5) is 14.5. The normalized spacial score (nSPS) is 23.5. The van der Waals surface area contributed by atoms with Crippen molar-refractivity contribution in [3.05, 3.63) is 28.8 Å². The number of nitrogens with zero attached hydrogens (tertiary/aromatic N) is 1. The molecule has 19 heavy (non-hydrogen) atoms. The second-order valence-electron chi connectivity index (χ2n) is 5.35. The maximum Gasteiger partial charge on any atom is 0.251 e. The van der Waals surface area contributed by atoms with Gasteiger partial charge in [0.25, 0.3) is 5.91 Å². The van der Waals surface area contributed by atoms with Gasteiger partial charge in [0, 0.05) is 30.7 Å². The van der Waals surface area contributed by atoms with Crippen LogP contribution in [0.4, 0.5) is 0 Å². The summed E-state index contributed by atoms with van der Waals surface area (Å²) in [7, 11) is 0. The molecule has 1 aliphatic carbocycles. The number of carbonyl (C=O) groups excluding carboxylic acids is 1. The Bertz CT molecular complexity index is 502. The number of carbonyl (C=O) groups is 1. The number of rotatable bonds is 3. The van der Waals surface area contributed by atoms with E-state index < -0.39 is 0 Å². The van der Waals surface area contributed by atoms with Crippen LogP contribution in [0.1, 0.15) is 29.6 Å². The molecule has 3 rings (SSSR count). The van der Waals surface area contributed by atoms with Crippen LogP contribution >= 0.6 is 11.6 Å². The maximum absolute atomic E-state index is 12.1. The molecule has 2 N–H and O–H groups in total. The molecule has 0 aromatic heterocycles. The highest BCUT2D eigenvalue weighted by molar-refractivity contribution is 6.32. The van der Waals surface area contributed by atoms with Gasteiger partial charge in [-0.25, -0.2) is 0 Å². The Hall–Kier alpha value is -1.26. The van der Waals surface area contributed by atoms with Gasteiger partial charge in [0.1, 0.15) is 5.75 Å². The van der Waals surface area contributed by atoms with E-state index in [1.807, 2.05) is 0 Å². The van der Waals surface area contributed by atoms with Gasteiger partial charge in [0.15, 0.2) is 0 Å². The molecule has 0 radical (unpaired) electrons. The van der Waals surface area contributed by atoms with Crippen molar-refractivity contribution in [2.75, 3.05) is 13.1 Å². The fraction of sp³-hybridized carbons (Fsp3) is 0.500. The van der Waals surface area contributed by atoms with E-state index in [4.69, 9.17) is 11.6 Å². The highest BCUT2D eigenvalue weighted by atomic mass is 35.5. The van der Waals surface area contributed by atoms with E-state index >= 15 is 0 Å². The van der Waals surface area contributed by atoms with Crippen LogP contribution < -0.4 is 5.32 Å². The van der Waals surface area contributed by atoms with Gasteiger partial charge in [-0.2, -0.15) is 0 Å². The quantitative estimate of drug-likeness (QED) is 0.891. The lowest BCUT2D eigenvalue weighted by atomic mass is 10.2. The third-order valence-electron chi connectivity index (χ3n) is 3.83. The lowest BCUT2D eigenvalue weighted by Gasteiger charge is -2.15. The maximum atomic E-state index is 12.1. The van der Waals surface area contributed by atoms with Gasteiger partial charge in [-0.15, -0.1) is 0 Å². The Morgan fingerprint density at radius 2 is 2.16 bits per heavy atom. The summed E-state index contributed by atoms with van der Waals surface area (Å²) in [5.74, 6) is -0.122. The number of aromatic hydroxyl groups is 1. The molecule has 1 atom stereocenters. The molecule has 2 aliphatic rings. The van der Waals surface area contributed by atoms with Crippen molar-refractivity contribution in [3.63, 3.8) is 0 Å². The van der Waals surface area contributed by atoms with E-state index in [0.29, 0.717) is 5.56 Å². The molecule has 0 spiro atoms. The molecule has 102 valence electrons. The Labute approximate surface area is 117 Å². The van der Waals surface area contributed by atoms with E-state index in [-0.39, 0.29) is 22.7 Å². The molecule has 0 bridgehead atoms. The third kappa shape index (κ3) is 2.85. The van der Waals surface area contributed by atoms with Crippen molar-refractivity contribution < 1.29 is 9.90 Å². The summed E-state index contributed by atoms with van der Waals surface area (Å²) < 4.78 is 0. The number of amides is 1. The van der Waals surface area contributed by atoms with Gasteiger partial charge >= 0.3 is 0 Å². The molecule has 1 aromatic carbocycles. The van der Waals surface area contributed by atoms with Crippen molar-refractivity contribution >= 4 is 17.5 Å². The first-order valence-electron chi connectivity index (χ1n) is 6.67. The van der Waals surface area contributed by atoms with Gasteiger partial charge < -0.3 is 10.4 Å². The van der Waals surface area contributed by atoms with Crippen LogP contribution in [0, 0.1) is 0 Å². The first kappa shape index (κ1) is 12.8. The number of benzene rings is 1. The van der Waals surface area contributed by atoms with Crippen molar-refractivity contribution in [2.24, 2.45) is 0 Å². The van der Waals surface area contributed by atoms with Crippen LogP contribution in [-0.4, -0.2) is 41.1 Å². The second-order valence-corrected chi connectivity index (χ2v) is 5.76. The number of phenols is 1. The zero-order chi connectivity index (χ0) is 13.4. The molecule has 1 amide bonds. The molecule has 1 saturated carbocycles. The molecular weight excluding hydrogens is 264 g/mol. The molecule has 1 unspecified atom stereocenters. The van der Waals surface area contributed by atoms with Gasteiger partial charge in [-0.3, -0.25) is 9.69 Å². The Morgan fingerprint density at radius 3 is 2.84 bits per heavy atom. The summed E-state index contributed by atoms with van der Waals surface area (Å²) in [6.45, 7) is 2.02. The SMILES string of the molecule is O=C(NC1CCN(C2CC2)C1)c1ccc(O)c(Cl)c1. The van der Waals surface area contributed by atoms with Gasteiger partial charge in [-0.1, -0.05) is 11.6 Å². The second kappa shape index (κ2) is 5.02. The van der Waals surface area contributed by atoms with Crippen molar-refractivity contribution in [3.8, 4) is 5.75 Å². The van der Waals surface area contributed by atoms with Gasteiger partial charge in [0.2, 0.25) is 0 Å². The number of hydrogen-bond acceptors (Lipinski definition) is 3. The average molecular weight is 281 g/mol. The molecule has 1 aliphatic heterocycles. The van der Waals surface area contributed by atoms with Crippen molar-refractivity contribution in [1.82, 2.24) is 10.2 Å². The van der Waals surface area contributed by atoms with Crippen LogP contribution in [0.3, 0.4) is 0 Å². The van der Waals surface area contributed by atoms with Gasteiger partial charge in [0.05, 0.1) is 5.02 Å². The van der Waals surface area contributed by atoms with E-state index in [1.165, 1.54) is 25.0 Å². The summed E-state index contributed by atoms with van der Waals surface area (Å²) in [6.07, 6.45) is 3.61. The first-order valence-corrected chi connectivity index (χ1v) is 7.05. The minimum absolute atomic E-state index is 0.000934.